The quantitative estimate of drug-likeness (QED) is 0.436. The van der Waals surface area contributed by atoms with E-state index in [1.165, 1.54) is 12.8 Å². The van der Waals surface area contributed by atoms with Gasteiger partial charge in [0.15, 0.2) is 5.96 Å². The van der Waals surface area contributed by atoms with Gasteiger partial charge in [-0.25, -0.2) is 4.99 Å². The second-order valence-corrected chi connectivity index (χ2v) is 6.10. The number of hydrogen-bond acceptors (Lipinski definition) is 3. The van der Waals surface area contributed by atoms with Crippen LogP contribution >= 0.6 is 0 Å². The number of rotatable bonds is 7. The molecule has 0 aromatic rings. The smallest absolute Gasteiger partial charge is 0.243 e. The standard InChI is InChI=1S/C16H32N4O2/c1-5-22-11-7-9-17-16(18-12-15(21)19(3)4)20-10-6-8-14(2)13-20/h14H,5-13H2,1-4H3,(H,17,18). The average Bonchev–Trinajstić information content (AvgIpc) is 2.49. The Kier molecular flexibility index (Phi) is 8.89. The van der Waals surface area contributed by atoms with E-state index < -0.39 is 0 Å². The van der Waals surface area contributed by atoms with Crippen molar-refractivity contribution in [3.8, 4) is 0 Å². The van der Waals surface area contributed by atoms with Crippen molar-refractivity contribution in [2.45, 2.75) is 33.1 Å². The van der Waals surface area contributed by atoms with Gasteiger partial charge in [-0.2, -0.15) is 0 Å². The number of guanidine groups is 1. The van der Waals surface area contributed by atoms with E-state index in [0.29, 0.717) is 5.92 Å². The first-order chi connectivity index (χ1) is 10.5. The number of likely N-dealkylation sites (tertiary alicyclic amines) is 1. The zero-order chi connectivity index (χ0) is 16.4. The summed E-state index contributed by atoms with van der Waals surface area (Å²) in [5.41, 5.74) is 0. The number of amides is 1. The Bertz CT molecular complexity index is 358. The molecule has 22 heavy (non-hydrogen) atoms. The van der Waals surface area contributed by atoms with Gasteiger partial charge in [-0.05, 0) is 32.1 Å². The van der Waals surface area contributed by atoms with Gasteiger partial charge in [0.05, 0.1) is 0 Å². The third-order valence-electron chi connectivity index (χ3n) is 3.77. The second-order valence-electron chi connectivity index (χ2n) is 6.10. The first-order valence-corrected chi connectivity index (χ1v) is 8.35. The molecule has 6 heteroatoms. The largest absolute Gasteiger partial charge is 0.382 e. The zero-order valence-corrected chi connectivity index (χ0v) is 14.6. The number of nitrogens with zero attached hydrogens (tertiary/aromatic N) is 3. The van der Waals surface area contributed by atoms with Gasteiger partial charge < -0.3 is 19.9 Å². The molecule has 0 aromatic heterocycles. The second kappa shape index (κ2) is 10.4. The highest BCUT2D eigenvalue weighted by molar-refractivity contribution is 5.84. The van der Waals surface area contributed by atoms with Crippen LogP contribution in [0.15, 0.2) is 4.99 Å². The average molecular weight is 312 g/mol. The van der Waals surface area contributed by atoms with Crippen LogP contribution in [0.25, 0.3) is 0 Å². The van der Waals surface area contributed by atoms with Gasteiger partial charge in [0.1, 0.15) is 6.54 Å². The van der Waals surface area contributed by atoms with Gasteiger partial charge >= 0.3 is 0 Å². The van der Waals surface area contributed by atoms with Crippen LogP contribution in [0.3, 0.4) is 0 Å². The minimum absolute atomic E-state index is 0.0266. The maximum atomic E-state index is 11.8. The molecule has 1 atom stereocenters. The Balaban J connectivity index is 2.55. The molecule has 0 bridgehead atoms. The molecule has 0 saturated carbocycles. The van der Waals surface area contributed by atoms with Gasteiger partial charge in [0.25, 0.3) is 0 Å². The predicted molar refractivity (Wildman–Crippen MR) is 90.1 cm³/mol. The minimum Gasteiger partial charge on any atom is -0.382 e. The highest BCUT2D eigenvalue weighted by Crippen LogP contribution is 2.15. The fraction of sp³-hybridized carbons (Fsp3) is 0.875. The molecule has 0 spiro atoms. The van der Waals surface area contributed by atoms with Gasteiger partial charge in [-0.1, -0.05) is 6.92 Å². The molecule has 128 valence electrons. The summed E-state index contributed by atoms with van der Waals surface area (Å²) in [6.07, 6.45) is 3.39. The molecule has 0 aliphatic carbocycles. The molecule has 0 aromatic carbocycles. The van der Waals surface area contributed by atoms with Crippen molar-refractivity contribution in [2.75, 3.05) is 53.5 Å². The van der Waals surface area contributed by atoms with Crippen LogP contribution in [0.1, 0.15) is 33.1 Å². The molecular formula is C16H32N4O2. The predicted octanol–water partition coefficient (Wildman–Crippen LogP) is 1.18. The number of carbonyl (C=O) groups excluding carboxylic acids is 1. The molecule has 1 unspecified atom stereocenters. The van der Waals surface area contributed by atoms with Crippen molar-refractivity contribution >= 4 is 11.9 Å². The Labute approximate surface area is 134 Å². The van der Waals surface area contributed by atoms with E-state index in [-0.39, 0.29) is 12.5 Å². The summed E-state index contributed by atoms with van der Waals surface area (Å²) in [7, 11) is 3.52. The summed E-state index contributed by atoms with van der Waals surface area (Å²) in [6, 6.07) is 0. The Morgan fingerprint density at radius 2 is 2.23 bits per heavy atom. The van der Waals surface area contributed by atoms with E-state index >= 15 is 0 Å². The lowest BCUT2D eigenvalue weighted by atomic mass is 10.0. The summed E-state index contributed by atoms with van der Waals surface area (Å²) in [5.74, 6) is 1.56. The molecule has 0 radical (unpaired) electrons. The fourth-order valence-electron chi connectivity index (χ4n) is 2.45. The molecule has 1 rings (SSSR count). The van der Waals surface area contributed by atoms with Gasteiger partial charge in [0, 0.05) is 46.9 Å². The molecule has 6 nitrogen and oxygen atoms in total. The van der Waals surface area contributed by atoms with Crippen LogP contribution in [0.5, 0.6) is 0 Å². The van der Waals surface area contributed by atoms with Crippen LogP contribution in [0.2, 0.25) is 0 Å². The molecular weight excluding hydrogens is 280 g/mol. The Morgan fingerprint density at radius 1 is 1.45 bits per heavy atom. The van der Waals surface area contributed by atoms with Crippen molar-refractivity contribution in [2.24, 2.45) is 10.9 Å². The number of aliphatic imine (C=N–C) groups is 1. The van der Waals surface area contributed by atoms with E-state index in [1.807, 2.05) is 6.92 Å². The minimum atomic E-state index is 0.0266. The normalized spacial score (nSPS) is 19.2. The van der Waals surface area contributed by atoms with Gasteiger partial charge in [0.2, 0.25) is 5.91 Å². The lowest BCUT2D eigenvalue weighted by molar-refractivity contribution is -0.127. The van der Waals surface area contributed by atoms with E-state index in [9.17, 15) is 4.79 Å². The lowest BCUT2D eigenvalue weighted by Gasteiger charge is -2.33. The number of carbonyl (C=O) groups is 1. The maximum Gasteiger partial charge on any atom is 0.243 e. The topological polar surface area (TPSA) is 57.2 Å². The molecule has 1 N–H and O–H groups in total. The number of likely N-dealkylation sites (N-methyl/N-ethyl adjacent to an activating group) is 1. The van der Waals surface area contributed by atoms with E-state index in [0.717, 1.165) is 45.2 Å². The zero-order valence-electron chi connectivity index (χ0n) is 14.6. The number of piperidine rings is 1. The molecule has 1 saturated heterocycles. The molecule has 1 fully saturated rings. The van der Waals surface area contributed by atoms with Crippen LogP contribution in [0.4, 0.5) is 0 Å². The first kappa shape index (κ1) is 18.7. The monoisotopic (exact) mass is 312 g/mol. The van der Waals surface area contributed by atoms with Crippen LogP contribution in [-0.4, -0.2) is 75.2 Å². The first-order valence-electron chi connectivity index (χ1n) is 8.35. The highest BCUT2D eigenvalue weighted by Gasteiger charge is 2.19. The van der Waals surface area contributed by atoms with Crippen molar-refractivity contribution in [3.63, 3.8) is 0 Å². The van der Waals surface area contributed by atoms with Crippen molar-refractivity contribution in [1.82, 2.24) is 15.1 Å². The van der Waals surface area contributed by atoms with E-state index in [2.05, 4.69) is 22.1 Å². The summed E-state index contributed by atoms with van der Waals surface area (Å²) in [5, 5.41) is 3.39. The molecule has 1 heterocycles. The summed E-state index contributed by atoms with van der Waals surface area (Å²) < 4.78 is 5.35. The summed E-state index contributed by atoms with van der Waals surface area (Å²) in [6.45, 7) is 8.81. The molecule has 1 aliphatic heterocycles. The Hall–Kier alpha value is -1.30. The van der Waals surface area contributed by atoms with Gasteiger partial charge in [-0.3, -0.25) is 4.79 Å². The Morgan fingerprint density at radius 3 is 2.86 bits per heavy atom. The van der Waals surface area contributed by atoms with Crippen molar-refractivity contribution < 1.29 is 9.53 Å². The SMILES string of the molecule is CCOCCCNC(=NCC(=O)N(C)C)N1CCCC(C)C1. The fourth-order valence-corrected chi connectivity index (χ4v) is 2.45. The molecule has 1 amide bonds. The van der Waals surface area contributed by atoms with E-state index in [1.54, 1.807) is 19.0 Å². The number of hydrogen-bond donors (Lipinski definition) is 1. The van der Waals surface area contributed by atoms with Crippen LogP contribution in [0, 0.1) is 5.92 Å². The number of ether oxygens (including phenoxy) is 1. The number of nitrogens with one attached hydrogen (secondary N) is 1. The van der Waals surface area contributed by atoms with Crippen LogP contribution < -0.4 is 5.32 Å². The maximum absolute atomic E-state index is 11.8. The van der Waals surface area contributed by atoms with Gasteiger partial charge in [-0.15, -0.1) is 0 Å². The van der Waals surface area contributed by atoms with Crippen molar-refractivity contribution in [1.29, 1.82) is 0 Å². The highest BCUT2D eigenvalue weighted by atomic mass is 16.5. The molecule has 1 aliphatic rings. The van der Waals surface area contributed by atoms with Crippen LogP contribution in [-0.2, 0) is 9.53 Å². The van der Waals surface area contributed by atoms with Crippen molar-refractivity contribution in [3.05, 3.63) is 0 Å². The summed E-state index contributed by atoms with van der Waals surface area (Å²) >= 11 is 0. The van der Waals surface area contributed by atoms with E-state index in [4.69, 9.17) is 4.74 Å². The third kappa shape index (κ3) is 7.11. The summed E-state index contributed by atoms with van der Waals surface area (Å²) in [4.78, 5) is 20.1. The lowest BCUT2D eigenvalue weighted by Crippen LogP contribution is -2.47. The third-order valence-corrected chi connectivity index (χ3v) is 3.77.